The number of pyridine rings is 2. The first-order valence-electron chi connectivity index (χ1n) is 11.4. The first kappa shape index (κ1) is 21.2. The van der Waals surface area contributed by atoms with E-state index < -0.39 is 0 Å². The number of nitrogens with two attached hydrogens (primary N) is 1. The van der Waals surface area contributed by atoms with E-state index in [9.17, 15) is 4.79 Å². The molecule has 1 aromatic carbocycles. The van der Waals surface area contributed by atoms with E-state index in [2.05, 4.69) is 17.1 Å². The first-order valence-corrected chi connectivity index (χ1v) is 11.4. The van der Waals surface area contributed by atoms with Gasteiger partial charge in [-0.2, -0.15) is 0 Å². The summed E-state index contributed by atoms with van der Waals surface area (Å²) in [6, 6.07) is 13.7. The number of aromatic nitrogens is 2. The molecule has 0 radical (unpaired) electrons. The minimum atomic E-state index is -0.146. The summed E-state index contributed by atoms with van der Waals surface area (Å²) in [7, 11) is 1.65. The maximum Gasteiger partial charge on any atom is 0.229 e. The second-order valence-electron chi connectivity index (χ2n) is 8.73. The van der Waals surface area contributed by atoms with Crippen LogP contribution in [-0.4, -0.2) is 47.6 Å². The molecule has 2 aliphatic heterocycles. The number of nitrogens with zero attached hydrogens (tertiary/aromatic N) is 3. The van der Waals surface area contributed by atoms with Crippen molar-refractivity contribution in [2.45, 2.75) is 25.2 Å². The third kappa shape index (κ3) is 4.49. The van der Waals surface area contributed by atoms with Crippen LogP contribution in [-0.2, 0) is 11.2 Å². The number of piperidine rings is 1. The smallest absolute Gasteiger partial charge is 0.229 e. The van der Waals surface area contributed by atoms with Gasteiger partial charge in [0.05, 0.1) is 13.0 Å². The standard InChI is InChI=1S/C26H28N4O3/c1-32-22-4-6-24-20(13-22)12-21(16-33-24)26(31)30-10-8-17(9-11-30)23-5-2-18(14-28-23)19-3-7-25(27)29-15-19/h2-7,13-15,17,21H,8-12,16H2,1H3,(H2,27,29). The Labute approximate surface area is 193 Å². The molecule has 33 heavy (non-hydrogen) atoms. The van der Waals surface area contributed by atoms with Crippen LogP contribution in [0.15, 0.2) is 54.9 Å². The van der Waals surface area contributed by atoms with E-state index in [1.54, 1.807) is 19.4 Å². The molecule has 5 rings (SSSR count). The largest absolute Gasteiger partial charge is 0.497 e. The van der Waals surface area contributed by atoms with Crippen molar-refractivity contribution in [1.29, 1.82) is 0 Å². The summed E-state index contributed by atoms with van der Waals surface area (Å²) in [6.45, 7) is 1.92. The number of likely N-dealkylation sites (tertiary alicyclic amines) is 1. The third-order valence-corrected chi connectivity index (χ3v) is 6.65. The topological polar surface area (TPSA) is 90.6 Å². The normalized spacial score (nSPS) is 18.3. The number of carbonyl (C=O) groups excluding carboxylic acids is 1. The van der Waals surface area contributed by atoms with Crippen LogP contribution >= 0.6 is 0 Å². The van der Waals surface area contributed by atoms with Gasteiger partial charge in [-0.05, 0) is 61.2 Å². The molecule has 4 heterocycles. The summed E-state index contributed by atoms with van der Waals surface area (Å²) in [4.78, 5) is 24.0. The lowest BCUT2D eigenvalue weighted by molar-refractivity contribution is -0.138. The Bertz CT molecular complexity index is 1120. The third-order valence-electron chi connectivity index (χ3n) is 6.65. The molecule has 7 heteroatoms. The van der Waals surface area contributed by atoms with Crippen molar-refractivity contribution in [2.24, 2.45) is 5.92 Å². The van der Waals surface area contributed by atoms with Crippen molar-refractivity contribution in [1.82, 2.24) is 14.9 Å². The molecule has 1 atom stereocenters. The molecule has 170 valence electrons. The predicted octanol–water partition coefficient (Wildman–Crippen LogP) is 3.69. The van der Waals surface area contributed by atoms with Crippen LogP contribution < -0.4 is 15.2 Å². The number of hydrogen-bond donors (Lipinski definition) is 1. The van der Waals surface area contributed by atoms with Crippen molar-refractivity contribution < 1.29 is 14.3 Å². The van der Waals surface area contributed by atoms with Crippen molar-refractivity contribution in [3.05, 3.63) is 66.1 Å². The summed E-state index contributed by atoms with van der Waals surface area (Å²) in [5, 5.41) is 0. The van der Waals surface area contributed by atoms with E-state index in [0.29, 0.717) is 24.8 Å². The van der Waals surface area contributed by atoms with E-state index in [-0.39, 0.29) is 11.8 Å². The lowest BCUT2D eigenvalue weighted by Gasteiger charge is -2.35. The van der Waals surface area contributed by atoms with E-state index >= 15 is 0 Å². The molecular weight excluding hydrogens is 416 g/mol. The molecule has 0 bridgehead atoms. The lowest BCUT2D eigenvalue weighted by atomic mass is 9.90. The molecule has 1 unspecified atom stereocenters. The SMILES string of the molecule is COc1ccc2c(c1)CC(C(=O)N1CCC(c3ccc(-c4ccc(N)nc4)cn3)CC1)CO2. The van der Waals surface area contributed by atoms with Crippen molar-refractivity contribution in [3.63, 3.8) is 0 Å². The van der Waals surface area contributed by atoms with Crippen molar-refractivity contribution >= 4 is 11.7 Å². The summed E-state index contributed by atoms with van der Waals surface area (Å²) in [6.07, 6.45) is 6.18. The van der Waals surface area contributed by atoms with Crippen molar-refractivity contribution in [2.75, 3.05) is 32.5 Å². The first-order chi connectivity index (χ1) is 16.1. The summed E-state index contributed by atoms with van der Waals surface area (Å²) >= 11 is 0. The fourth-order valence-corrected chi connectivity index (χ4v) is 4.70. The highest BCUT2D eigenvalue weighted by Crippen LogP contribution is 2.33. The van der Waals surface area contributed by atoms with Crippen LogP contribution in [0.1, 0.15) is 30.0 Å². The fourth-order valence-electron chi connectivity index (χ4n) is 4.70. The number of fused-ring (bicyclic) bond motifs is 1. The maximum atomic E-state index is 13.2. The Morgan fingerprint density at radius 1 is 1.06 bits per heavy atom. The van der Waals surface area contributed by atoms with E-state index in [0.717, 1.165) is 59.8 Å². The van der Waals surface area contributed by atoms with E-state index in [1.165, 1.54) is 0 Å². The second-order valence-corrected chi connectivity index (χ2v) is 8.73. The number of anilines is 1. The van der Waals surface area contributed by atoms with Gasteiger partial charge < -0.3 is 20.1 Å². The number of benzene rings is 1. The molecule has 2 aromatic heterocycles. The molecule has 0 saturated carbocycles. The van der Waals surface area contributed by atoms with Gasteiger partial charge in [-0.1, -0.05) is 6.07 Å². The lowest BCUT2D eigenvalue weighted by Crippen LogP contribution is -2.44. The highest BCUT2D eigenvalue weighted by atomic mass is 16.5. The molecule has 0 aliphatic carbocycles. The highest BCUT2D eigenvalue weighted by Gasteiger charge is 2.32. The summed E-state index contributed by atoms with van der Waals surface area (Å²) in [5.74, 6) is 2.54. The molecule has 2 N–H and O–H groups in total. The Morgan fingerprint density at radius 2 is 1.82 bits per heavy atom. The van der Waals surface area contributed by atoms with Gasteiger partial charge >= 0.3 is 0 Å². The molecule has 1 fully saturated rings. The zero-order valence-electron chi connectivity index (χ0n) is 18.7. The monoisotopic (exact) mass is 444 g/mol. The van der Waals surface area contributed by atoms with Crippen LogP contribution in [0.3, 0.4) is 0 Å². The maximum absolute atomic E-state index is 13.2. The number of ether oxygens (including phenoxy) is 2. The van der Waals surface area contributed by atoms with Gasteiger partial charge in [0.2, 0.25) is 5.91 Å². The molecule has 0 spiro atoms. The van der Waals surface area contributed by atoms with Gasteiger partial charge in [0.25, 0.3) is 0 Å². The van der Waals surface area contributed by atoms with E-state index in [1.807, 2.05) is 35.4 Å². The average molecular weight is 445 g/mol. The number of hydrogen-bond acceptors (Lipinski definition) is 6. The zero-order valence-corrected chi connectivity index (χ0v) is 18.7. The summed E-state index contributed by atoms with van der Waals surface area (Å²) in [5.41, 5.74) is 9.81. The number of methoxy groups -OCH3 is 1. The van der Waals surface area contributed by atoms with Gasteiger partial charge in [0.15, 0.2) is 0 Å². The van der Waals surface area contributed by atoms with E-state index in [4.69, 9.17) is 20.2 Å². The quantitative estimate of drug-likeness (QED) is 0.660. The Morgan fingerprint density at radius 3 is 2.48 bits per heavy atom. The predicted molar refractivity (Wildman–Crippen MR) is 126 cm³/mol. The summed E-state index contributed by atoms with van der Waals surface area (Å²) < 4.78 is 11.2. The molecule has 1 saturated heterocycles. The Kier molecular flexibility index (Phi) is 5.86. The average Bonchev–Trinajstić information content (AvgIpc) is 2.88. The highest BCUT2D eigenvalue weighted by molar-refractivity contribution is 5.80. The Balaban J connectivity index is 1.18. The number of nitrogen functional groups attached to an aromatic ring is 1. The van der Waals surface area contributed by atoms with Crippen LogP contribution in [0.4, 0.5) is 5.82 Å². The van der Waals surface area contributed by atoms with Crippen molar-refractivity contribution in [3.8, 4) is 22.6 Å². The molecule has 7 nitrogen and oxygen atoms in total. The minimum absolute atomic E-state index is 0.146. The van der Waals surface area contributed by atoms with Gasteiger partial charge in [0.1, 0.15) is 23.9 Å². The fraction of sp³-hybridized carbons (Fsp3) is 0.346. The van der Waals surface area contributed by atoms with Gasteiger partial charge in [-0.15, -0.1) is 0 Å². The molecule has 2 aliphatic rings. The minimum Gasteiger partial charge on any atom is -0.497 e. The molecule has 1 amide bonds. The van der Waals surface area contributed by atoms with Gasteiger partial charge in [-0.25, -0.2) is 4.98 Å². The molecule has 3 aromatic rings. The zero-order chi connectivity index (χ0) is 22.8. The number of carbonyl (C=O) groups is 1. The van der Waals surface area contributed by atoms with Crippen LogP contribution in [0, 0.1) is 5.92 Å². The van der Waals surface area contributed by atoms with Gasteiger partial charge in [0, 0.05) is 48.2 Å². The van der Waals surface area contributed by atoms with Crippen LogP contribution in [0.5, 0.6) is 11.5 Å². The van der Waals surface area contributed by atoms with Gasteiger partial charge in [-0.3, -0.25) is 9.78 Å². The number of rotatable bonds is 4. The molecular formula is C26H28N4O3. The van der Waals surface area contributed by atoms with Crippen LogP contribution in [0.25, 0.3) is 11.1 Å². The number of amides is 1. The van der Waals surface area contributed by atoms with Crippen LogP contribution in [0.2, 0.25) is 0 Å². The second kappa shape index (κ2) is 9.10. The Hall–Kier alpha value is -3.61.